The molecule has 0 aliphatic carbocycles. The number of anilines is 1. The zero-order valence-electron chi connectivity index (χ0n) is 18.7. The quantitative estimate of drug-likeness (QED) is 0.445. The molecule has 3 aromatic carbocycles. The molecule has 2 heterocycles. The van der Waals surface area contributed by atoms with Gasteiger partial charge in [0.1, 0.15) is 28.6 Å². The van der Waals surface area contributed by atoms with E-state index in [4.69, 9.17) is 8.92 Å². The molecule has 2 aliphatic heterocycles. The Morgan fingerprint density at radius 1 is 0.886 bits per heavy atom. The van der Waals surface area contributed by atoms with Gasteiger partial charge in [0, 0.05) is 19.0 Å². The first-order chi connectivity index (χ1) is 16.7. The monoisotopic (exact) mass is 493 g/mol. The minimum atomic E-state index is -4.08. The lowest BCUT2D eigenvalue weighted by Crippen LogP contribution is -2.35. The molecule has 9 heteroatoms. The molecule has 0 radical (unpaired) electrons. The molecule has 3 aromatic rings. The minimum absolute atomic E-state index is 0.0971. The number of rotatable bonds is 6. The lowest BCUT2D eigenvalue weighted by Gasteiger charge is -2.24. The van der Waals surface area contributed by atoms with Crippen LogP contribution in [0.3, 0.4) is 0 Å². The third-order valence-corrected chi connectivity index (χ3v) is 7.71. The molecule has 180 valence electrons. The molecule has 8 nitrogen and oxygen atoms in total. The van der Waals surface area contributed by atoms with Gasteiger partial charge in [-0.3, -0.25) is 4.79 Å². The van der Waals surface area contributed by atoms with Gasteiger partial charge < -0.3 is 24.4 Å². The Labute approximate surface area is 202 Å². The minimum Gasteiger partial charge on any atom is -0.508 e. The van der Waals surface area contributed by atoms with E-state index in [2.05, 4.69) is 5.32 Å². The number of hydrogen-bond donors (Lipinski definition) is 3. The molecule has 35 heavy (non-hydrogen) atoms. The van der Waals surface area contributed by atoms with Crippen LogP contribution in [-0.4, -0.2) is 42.0 Å². The molecule has 2 bridgehead atoms. The van der Waals surface area contributed by atoms with Gasteiger partial charge in [0.15, 0.2) is 0 Å². The summed E-state index contributed by atoms with van der Waals surface area (Å²) < 4.78 is 38.2. The van der Waals surface area contributed by atoms with Crippen molar-refractivity contribution in [1.29, 1.82) is 0 Å². The highest BCUT2D eigenvalue weighted by Crippen LogP contribution is 2.51. The molecule has 3 N–H and O–H groups in total. The molecule has 3 atom stereocenters. The first-order valence-electron chi connectivity index (χ1n) is 11.0. The van der Waals surface area contributed by atoms with Gasteiger partial charge in [-0.15, -0.1) is 0 Å². The summed E-state index contributed by atoms with van der Waals surface area (Å²) in [6, 6.07) is 19.3. The summed E-state index contributed by atoms with van der Waals surface area (Å²) in [5.41, 5.74) is 3.65. The molecule has 5 rings (SSSR count). The fourth-order valence-electron chi connectivity index (χ4n) is 4.63. The highest BCUT2D eigenvalue weighted by atomic mass is 32.2. The summed E-state index contributed by atoms with van der Waals surface area (Å²) in [5.74, 6) is 0.127. The SMILES string of the molecule is CC(=O)Nc1ccc(OS(=O)(=O)C2CC3OC2C(c2ccc(O)cc2)=C3c2ccc(O)cc2)cc1. The van der Waals surface area contributed by atoms with E-state index in [-0.39, 0.29) is 29.6 Å². The van der Waals surface area contributed by atoms with Gasteiger partial charge in [-0.2, -0.15) is 8.42 Å². The lowest BCUT2D eigenvalue weighted by molar-refractivity contribution is -0.114. The molecule has 0 aromatic heterocycles. The van der Waals surface area contributed by atoms with E-state index in [1.165, 1.54) is 19.1 Å². The molecule has 0 spiro atoms. The lowest BCUT2D eigenvalue weighted by atomic mass is 9.83. The van der Waals surface area contributed by atoms with Gasteiger partial charge in [0.05, 0.1) is 6.10 Å². The predicted molar refractivity (Wildman–Crippen MR) is 130 cm³/mol. The number of amides is 1. The number of benzene rings is 3. The average molecular weight is 494 g/mol. The third kappa shape index (κ3) is 4.48. The smallest absolute Gasteiger partial charge is 0.315 e. The number of ether oxygens (including phenoxy) is 1. The fourth-order valence-corrected chi connectivity index (χ4v) is 6.04. The molecule has 1 amide bonds. The zero-order valence-corrected chi connectivity index (χ0v) is 19.5. The van der Waals surface area contributed by atoms with E-state index < -0.39 is 27.6 Å². The maximum absolute atomic E-state index is 13.3. The first-order valence-corrected chi connectivity index (χ1v) is 12.5. The summed E-state index contributed by atoms with van der Waals surface area (Å²) in [5, 5.41) is 21.1. The second-order valence-electron chi connectivity index (χ2n) is 8.52. The van der Waals surface area contributed by atoms with Crippen LogP contribution >= 0.6 is 0 Å². The van der Waals surface area contributed by atoms with Crippen LogP contribution in [0, 0.1) is 0 Å². The van der Waals surface area contributed by atoms with E-state index in [1.54, 1.807) is 60.7 Å². The zero-order chi connectivity index (χ0) is 24.7. The van der Waals surface area contributed by atoms with Crippen LogP contribution in [0.4, 0.5) is 5.69 Å². The fraction of sp³-hybridized carbons (Fsp3) is 0.192. The standard InChI is InChI=1S/C26H23NO7S/c1-15(28)27-18-6-12-21(13-7-18)34-35(31,32)23-14-22-24(16-2-8-19(29)9-3-16)25(26(23)33-22)17-4-10-20(30)11-5-17/h2-13,22-23,26,29-30H,14H2,1H3,(H,27,28). The van der Waals surface area contributed by atoms with Crippen molar-refractivity contribution in [2.24, 2.45) is 0 Å². The summed E-state index contributed by atoms with van der Waals surface area (Å²) in [4.78, 5) is 11.2. The van der Waals surface area contributed by atoms with E-state index in [0.29, 0.717) is 11.3 Å². The number of aromatic hydroxyl groups is 2. The van der Waals surface area contributed by atoms with Crippen molar-refractivity contribution < 1.29 is 32.3 Å². The Balaban J connectivity index is 1.48. The van der Waals surface area contributed by atoms with Crippen LogP contribution in [0.1, 0.15) is 24.5 Å². The van der Waals surface area contributed by atoms with Crippen molar-refractivity contribution in [3.05, 3.63) is 83.9 Å². The maximum atomic E-state index is 13.3. The number of nitrogens with one attached hydrogen (secondary N) is 1. The first kappa shape index (κ1) is 22.9. The Morgan fingerprint density at radius 2 is 1.43 bits per heavy atom. The topological polar surface area (TPSA) is 122 Å². The number of phenolic OH excluding ortho intramolecular Hbond substituents is 2. The van der Waals surface area contributed by atoms with Crippen molar-refractivity contribution in [1.82, 2.24) is 0 Å². The second kappa shape index (κ2) is 8.75. The van der Waals surface area contributed by atoms with Crippen LogP contribution in [0.15, 0.2) is 72.8 Å². The number of hydrogen-bond acceptors (Lipinski definition) is 7. The predicted octanol–water partition coefficient (Wildman–Crippen LogP) is 3.92. The van der Waals surface area contributed by atoms with Gasteiger partial charge in [0.2, 0.25) is 5.91 Å². The van der Waals surface area contributed by atoms with Crippen molar-refractivity contribution in [2.75, 3.05) is 5.32 Å². The normalized spacial score (nSPS) is 21.2. The Morgan fingerprint density at radius 3 is 1.97 bits per heavy atom. The third-order valence-electron chi connectivity index (χ3n) is 6.11. The van der Waals surface area contributed by atoms with Gasteiger partial charge >= 0.3 is 10.1 Å². The van der Waals surface area contributed by atoms with Crippen LogP contribution in [0.2, 0.25) is 0 Å². The maximum Gasteiger partial charge on any atom is 0.315 e. The highest BCUT2D eigenvalue weighted by Gasteiger charge is 2.53. The number of fused-ring (bicyclic) bond motifs is 2. The van der Waals surface area contributed by atoms with Crippen LogP contribution < -0.4 is 9.50 Å². The molecular formula is C26H23NO7S. The Hall–Kier alpha value is -3.82. The van der Waals surface area contributed by atoms with Gasteiger partial charge in [-0.1, -0.05) is 24.3 Å². The van der Waals surface area contributed by atoms with Crippen LogP contribution in [-0.2, 0) is 19.6 Å². The second-order valence-corrected chi connectivity index (χ2v) is 10.3. The summed E-state index contributed by atoms with van der Waals surface area (Å²) in [6.45, 7) is 1.38. The molecule has 1 saturated heterocycles. The van der Waals surface area contributed by atoms with E-state index in [0.717, 1.165) is 16.7 Å². The van der Waals surface area contributed by atoms with Crippen molar-refractivity contribution in [3.63, 3.8) is 0 Å². The number of carbonyl (C=O) groups is 1. The Bertz CT molecular complexity index is 1400. The molecule has 3 unspecified atom stereocenters. The van der Waals surface area contributed by atoms with E-state index in [9.17, 15) is 23.4 Å². The summed E-state index contributed by atoms with van der Waals surface area (Å²) in [7, 11) is -4.08. The molecule has 2 aliphatic rings. The van der Waals surface area contributed by atoms with Crippen molar-refractivity contribution in [3.8, 4) is 17.2 Å². The number of carbonyl (C=O) groups excluding carboxylic acids is 1. The van der Waals surface area contributed by atoms with E-state index >= 15 is 0 Å². The van der Waals surface area contributed by atoms with Gasteiger partial charge in [-0.25, -0.2) is 0 Å². The van der Waals surface area contributed by atoms with E-state index in [1.807, 2.05) is 0 Å². The van der Waals surface area contributed by atoms with Crippen LogP contribution in [0.25, 0.3) is 11.1 Å². The van der Waals surface area contributed by atoms with Gasteiger partial charge in [-0.05, 0) is 70.8 Å². The summed E-state index contributed by atoms with van der Waals surface area (Å²) >= 11 is 0. The highest BCUT2D eigenvalue weighted by molar-refractivity contribution is 7.87. The van der Waals surface area contributed by atoms with Crippen molar-refractivity contribution >= 4 is 32.9 Å². The van der Waals surface area contributed by atoms with Crippen LogP contribution in [0.5, 0.6) is 17.2 Å². The van der Waals surface area contributed by atoms with Gasteiger partial charge in [0.25, 0.3) is 0 Å². The summed E-state index contributed by atoms with van der Waals surface area (Å²) in [6.07, 6.45) is -1.02. The van der Waals surface area contributed by atoms with Crippen molar-refractivity contribution in [2.45, 2.75) is 30.8 Å². The average Bonchev–Trinajstić information content (AvgIpc) is 3.41. The molecule has 0 saturated carbocycles. The Kier molecular flexibility index (Phi) is 5.74. The molecule has 1 fully saturated rings. The largest absolute Gasteiger partial charge is 0.508 e. The number of phenols is 2. The molecular weight excluding hydrogens is 470 g/mol.